The number of aryl methyl sites for hydroxylation is 2. The van der Waals surface area contributed by atoms with Gasteiger partial charge in [0, 0.05) is 10.8 Å². The molecule has 0 unspecified atom stereocenters. The summed E-state index contributed by atoms with van der Waals surface area (Å²) >= 11 is 0. The Bertz CT molecular complexity index is 913. The van der Waals surface area contributed by atoms with Crippen LogP contribution in [0.3, 0.4) is 0 Å². The molecule has 4 heteroatoms. The van der Waals surface area contributed by atoms with Crippen LogP contribution in [0.5, 0.6) is 17.2 Å². The highest BCUT2D eigenvalue weighted by Crippen LogP contribution is 2.37. The minimum Gasteiger partial charge on any atom is -0.507 e. The number of hydrogen-bond acceptors (Lipinski definition) is 4. The molecule has 0 amide bonds. The van der Waals surface area contributed by atoms with Gasteiger partial charge >= 0.3 is 5.97 Å². The SMILES string of the molecule is Cc1ccccc1OC(=O)c1cc(O)c2c(C)cccc2c1O. The number of para-hydroxylation sites is 1. The second-order valence-electron chi connectivity index (χ2n) is 5.44. The molecule has 0 saturated carbocycles. The minimum atomic E-state index is -0.712. The van der Waals surface area contributed by atoms with Crippen LogP contribution >= 0.6 is 0 Å². The third kappa shape index (κ3) is 2.59. The van der Waals surface area contributed by atoms with Gasteiger partial charge in [-0.05, 0) is 37.1 Å². The smallest absolute Gasteiger partial charge is 0.347 e. The van der Waals surface area contributed by atoms with Crippen molar-refractivity contribution in [1.29, 1.82) is 0 Å². The Kier molecular flexibility index (Phi) is 3.66. The van der Waals surface area contributed by atoms with Crippen molar-refractivity contribution in [3.05, 3.63) is 65.2 Å². The Labute approximate surface area is 133 Å². The van der Waals surface area contributed by atoms with Gasteiger partial charge in [-0.2, -0.15) is 0 Å². The number of fused-ring (bicyclic) bond motifs is 1. The van der Waals surface area contributed by atoms with Crippen molar-refractivity contribution in [1.82, 2.24) is 0 Å². The zero-order valence-corrected chi connectivity index (χ0v) is 12.8. The number of aromatic hydroxyl groups is 2. The van der Waals surface area contributed by atoms with Crippen molar-refractivity contribution < 1.29 is 19.7 Å². The standard InChI is InChI=1S/C19H16O4/c1-11-6-3-4-9-16(11)23-19(22)14-10-15(20)17-12(2)7-5-8-13(17)18(14)21/h3-10,20-21H,1-2H3. The Hall–Kier alpha value is -3.01. The van der Waals surface area contributed by atoms with E-state index in [0.29, 0.717) is 16.5 Å². The first-order chi connectivity index (χ1) is 11.0. The molecule has 116 valence electrons. The lowest BCUT2D eigenvalue weighted by molar-refractivity contribution is 0.0730. The summed E-state index contributed by atoms with van der Waals surface area (Å²) in [6, 6.07) is 13.6. The fourth-order valence-corrected chi connectivity index (χ4v) is 2.61. The molecule has 3 rings (SSSR count). The molecule has 0 spiro atoms. The van der Waals surface area contributed by atoms with Crippen LogP contribution in [0.2, 0.25) is 0 Å². The third-order valence-electron chi connectivity index (χ3n) is 3.84. The van der Waals surface area contributed by atoms with Crippen LogP contribution in [0.15, 0.2) is 48.5 Å². The summed E-state index contributed by atoms with van der Waals surface area (Å²) in [6.45, 7) is 3.65. The Morgan fingerprint density at radius 2 is 1.65 bits per heavy atom. The number of hydrogen-bond donors (Lipinski definition) is 2. The minimum absolute atomic E-state index is 0.0624. The average Bonchev–Trinajstić information content (AvgIpc) is 2.52. The summed E-state index contributed by atoms with van der Waals surface area (Å²) in [5.74, 6) is -0.552. The Morgan fingerprint density at radius 1 is 0.957 bits per heavy atom. The van der Waals surface area contributed by atoms with Crippen LogP contribution in [0.4, 0.5) is 0 Å². The van der Waals surface area contributed by atoms with Crippen molar-refractivity contribution in [3.63, 3.8) is 0 Å². The lowest BCUT2D eigenvalue weighted by Crippen LogP contribution is -2.09. The van der Waals surface area contributed by atoms with Crippen molar-refractivity contribution in [3.8, 4) is 17.2 Å². The maximum absolute atomic E-state index is 12.4. The molecule has 0 radical (unpaired) electrons. The monoisotopic (exact) mass is 308 g/mol. The lowest BCUT2D eigenvalue weighted by atomic mass is 10.0. The van der Waals surface area contributed by atoms with Gasteiger partial charge in [-0.3, -0.25) is 0 Å². The molecule has 0 bridgehead atoms. The molecule has 0 atom stereocenters. The van der Waals surface area contributed by atoms with Gasteiger partial charge in [-0.15, -0.1) is 0 Å². The second kappa shape index (κ2) is 5.65. The van der Waals surface area contributed by atoms with Crippen molar-refractivity contribution in [2.75, 3.05) is 0 Å². The third-order valence-corrected chi connectivity index (χ3v) is 3.84. The highest BCUT2D eigenvalue weighted by atomic mass is 16.5. The normalized spacial score (nSPS) is 10.7. The number of benzene rings is 3. The largest absolute Gasteiger partial charge is 0.507 e. The second-order valence-corrected chi connectivity index (χ2v) is 5.44. The molecule has 3 aromatic carbocycles. The first-order valence-corrected chi connectivity index (χ1v) is 7.21. The summed E-state index contributed by atoms with van der Waals surface area (Å²) < 4.78 is 5.34. The fraction of sp³-hybridized carbons (Fsp3) is 0.105. The summed E-state index contributed by atoms with van der Waals surface area (Å²) in [5, 5.41) is 21.6. The molecule has 4 nitrogen and oxygen atoms in total. The van der Waals surface area contributed by atoms with E-state index in [9.17, 15) is 15.0 Å². The van der Waals surface area contributed by atoms with Crippen molar-refractivity contribution in [2.24, 2.45) is 0 Å². The maximum atomic E-state index is 12.4. The van der Waals surface area contributed by atoms with Gasteiger partial charge in [0.05, 0.1) is 0 Å². The summed E-state index contributed by atoms with van der Waals surface area (Å²) in [6.07, 6.45) is 0. The molecule has 0 aliphatic heterocycles. The lowest BCUT2D eigenvalue weighted by Gasteiger charge is -2.12. The zero-order chi connectivity index (χ0) is 16.6. The number of phenolic OH excluding ortho intramolecular Hbond substituents is 2. The molecule has 0 aliphatic carbocycles. The van der Waals surface area contributed by atoms with E-state index in [4.69, 9.17) is 4.74 Å². The van der Waals surface area contributed by atoms with Crippen molar-refractivity contribution in [2.45, 2.75) is 13.8 Å². The van der Waals surface area contributed by atoms with Gasteiger partial charge in [-0.25, -0.2) is 4.79 Å². The zero-order valence-electron chi connectivity index (χ0n) is 12.8. The molecule has 23 heavy (non-hydrogen) atoms. The Morgan fingerprint density at radius 3 is 2.39 bits per heavy atom. The number of carbonyl (C=O) groups is 1. The number of phenols is 2. The van der Waals surface area contributed by atoms with Gasteiger partial charge in [-0.1, -0.05) is 36.4 Å². The van der Waals surface area contributed by atoms with E-state index in [0.717, 1.165) is 11.1 Å². The van der Waals surface area contributed by atoms with Gasteiger partial charge in [0.2, 0.25) is 0 Å². The summed E-state index contributed by atoms with van der Waals surface area (Å²) in [5.41, 5.74) is 1.55. The topological polar surface area (TPSA) is 66.8 Å². The van der Waals surface area contributed by atoms with Crippen LogP contribution in [0.25, 0.3) is 10.8 Å². The first-order valence-electron chi connectivity index (χ1n) is 7.21. The molecular formula is C19H16O4. The van der Waals surface area contributed by atoms with Gasteiger partial charge in [0.15, 0.2) is 0 Å². The summed E-state index contributed by atoms with van der Waals surface area (Å²) in [7, 11) is 0. The van der Waals surface area contributed by atoms with E-state index in [1.54, 1.807) is 24.3 Å². The molecule has 0 fully saturated rings. The van der Waals surface area contributed by atoms with Crippen LogP contribution in [-0.4, -0.2) is 16.2 Å². The summed E-state index contributed by atoms with van der Waals surface area (Å²) in [4.78, 5) is 12.4. The number of ether oxygens (including phenoxy) is 1. The molecule has 0 heterocycles. The Balaban J connectivity index is 2.08. The number of rotatable bonds is 2. The molecular weight excluding hydrogens is 292 g/mol. The predicted octanol–water partition coefficient (Wildman–Crippen LogP) is 4.09. The molecule has 2 N–H and O–H groups in total. The van der Waals surface area contributed by atoms with E-state index < -0.39 is 5.97 Å². The van der Waals surface area contributed by atoms with Crippen LogP contribution in [0, 0.1) is 13.8 Å². The van der Waals surface area contributed by atoms with E-state index in [1.165, 1.54) is 6.07 Å². The molecule has 3 aromatic rings. The van der Waals surface area contributed by atoms with Crippen LogP contribution in [-0.2, 0) is 0 Å². The van der Waals surface area contributed by atoms with Crippen LogP contribution in [0.1, 0.15) is 21.5 Å². The quantitative estimate of drug-likeness (QED) is 0.425. The fourth-order valence-electron chi connectivity index (χ4n) is 2.61. The maximum Gasteiger partial charge on any atom is 0.347 e. The molecule has 0 aromatic heterocycles. The predicted molar refractivity (Wildman–Crippen MR) is 88.2 cm³/mol. The van der Waals surface area contributed by atoms with Gasteiger partial charge < -0.3 is 14.9 Å². The van der Waals surface area contributed by atoms with E-state index >= 15 is 0 Å². The van der Waals surface area contributed by atoms with Crippen molar-refractivity contribution >= 4 is 16.7 Å². The van der Waals surface area contributed by atoms with Gasteiger partial charge in [0.25, 0.3) is 0 Å². The highest BCUT2D eigenvalue weighted by Gasteiger charge is 2.20. The first kappa shape index (κ1) is 14.9. The molecule has 0 saturated heterocycles. The molecule has 0 aliphatic rings. The van der Waals surface area contributed by atoms with E-state index in [-0.39, 0.29) is 17.1 Å². The van der Waals surface area contributed by atoms with E-state index in [1.807, 2.05) is 32.0 Å². The van der Waals surface area contributed by atoms with Crippen LogP contribution < -0.4 is 4.74 Å². The number of esters is 1. The number of carbonyl (C=O) groups excluding carboxylic acids is 1. The highest BCUT2D eigenvalue weighted by molar-refractivity contribution is 6.05. The average molecular weight is 308 g/mol. The van der Waals surface area contributed by atoms with E-state index in [2.05, 4.69) is 0 Å². The van der Waals surface area contributed by atoms with Gasteiger partial charge in [0.1, 0.15) is 22.8 Å².